The highest BCUT2D eigenvalue weighted by Gasteiger charge is 2.22. The summed E-state index contributed by atoms with van der Waals surface area (Å²) in [4.78, 5) is 4.71. The molecule has 0 spiro atoms. The summed E-state index contributed by atoms with van der Waals surface area (Å²) in [6.45, 7) is 0. The van der Waals surface area contributed by atoms with Crippen molar-refractivity contribution in [2.24, 2.45) is 0 Å². The van der Waals surface area contributed by atoms with Crippen LogP contribution in [0.25, 0.3) is 161 Å². The molecule has 468 valence electrons. The molecule has 0 radical (unpaired) electrons. The van der Waals surface area contributed by atoms with Gasteiger partial charge in [0.2, 0.25) is 0 Å². The van der Waals surface area contributed by atoms with Crippen molar-refractivity contribution in [3.8, 4) is 33.4 Å². The van der Waals surface area contributed by atoms with Crippen molar-refractivity contribution in [1.82, 2.24) is 0 Å². The Bertz CT molecular complexity index is 6770. The fourth-order valence-corrected chi connectivity index (χ4v) is 17.5. The van der Waals surface area contributed by atoms with E-state index < -0.39 is 0 Å². The van der Waals surface area contributed by atoms with E-state index in [4.69, 9.17) is 8.83 Å². The van der Waals surface area contributed by atoms with Gasteiger partial charge in [0.25, 0.3) is 0 Å². The topological polar surface area (TPSA) is 32.8 Å². The molecule has 0 N–H and O–H groups in total. The third kappa shape index (κ3) is 9.63. The standard InChI is InChI=1S/C50H31NOS.C44H27NOS/c1-2-9-32(10-3-1)33-19-24-37(25-20-33)51(39-28-30-47-45(31-39)42-13-6-7-16-46(42)53-47)38-26-21-35(22-27-38)41-14-8-15-43-44-29-23-36-18-17-34-11-4-5-12-40(34)48(36)50(44)52-49(41)43;1-2-10-31(11-3-1)45(33-24-26-41-39(27-33)36-13-6-7-16-40(36)47-41)32-22-19-29(20-23-32)35-14-8-15-37-38-25-21-30-18-17-28-9-4-5-12-34(28)42(30)44(38)46-43(35)37/h1-31H;1-27H. The lowest BCUT2D eigenvalue weighted by Gasteiger charge is -2.26. The number of thiophene rings is 2. The third-order valence-corrected chi connectivity index (χ3v) is 22.4. The molecule has 0 fully saturated rings. The molecule has 0 bridgehead atoms. The van der Waals surface area contributed by atoms with Crippen molar-refractivity contribution in [1.29, 1.82) is 0 Å². The van der Waals surface area contributed by atoms with Crippen LogP contribution in [0.3, 0.4) is 0 Å². The van der Waals surface area contributed by atoms with Crippen LogP contribution in [0.1, 0.15) is 0 Å². The molecule has 0 aliphatic heterocycles. The quantitative estimate of drug-likeness (QED) is 0.135. The van der Waals surface area contributed by atoms with Crippen molar-refractivity contribution < 1.29 is 8.83 Å². The second kappa shape index (κ2) is 23.6. The van der Waals surface area contributed by atoms with Crippen molar-refractivity contribution in [2.75, 3.05) is 9.80 Å². The fraction of sp³-hybridized carbons (Fsp3) is 0. The van der Waals surface area contributed by atoms with Crippen LogP contribution in [0.2, 0.25) is 0 Å². The van der Waals surface area contributed by atoms with E-state index in [1.54, 1.807) is 0 Å². The molecule has 0 saturated heterocycles. The Morgan fingerprint density at radius 2 is 0.520 bits per heavy atom. The van der Waals surface area contributed by atoms with E-state index in [0.29, 0.717) is 0 Å². The fourth-order valence-electron chi connectivity index (χ4n) is 15.3. The van der Waals surface area contributed by atoms with E-state index in [9.17, 15) is 0 Å². The molecule has 0 aliphatic carbocycles. The van der Waals surface area contributed by atoms with Crippen LogP contribution >= 0.6 is 22.7 Å². The minimum atomic E-state index is 0.916. The van der Waals surface area contributed by atoms with Gasteiger partial charge in [-0.2, -0.15) is 0 Å². The maximum Gasteiger partial charge on any atom is 0.143 e. The number of rotatable bonds is 9. The van der Waals surface area contributed by atoms with Gasteiger partial charge in [0, 0.05) is 118 Å². The summed E-state index contributed by atoms with van der Waals surface area (Å²) < 4.78 is 18.9. The summed E-state index contributed by atoms with van der Waals surface area (Å²) in [5.41, 5.74) is 17.2. The molecule has 17 aromatic carbocycles. The molecular weight excluding hydrogens is 1250 g/mol. The number of furan rings is 2. The Morgan fingerprint density at radius 1 is 0.190 bits per heavy atom. The van der Waals surface area contributed by atoms with Crippen LogP contribution in [0.5, 0.6) is 0 Å². The number of para-hydroxylation sites is 3. The Labute approximate surface area is 583 Å². The smallest absolute Gasteiger partial charge is 0.143 e. The number of hydrogen-bond donors (Lipinski definition) is 0. The summed E-state index contributed by atoms with van der Waals surface area (Å²) in [6.07, 6.45) is 0. The van der Waals surface area contributed by atoms with Gasteiger partial charge in [-0.15, -0.1) is 22.7 Å². The molecular formula is C94H58N2O2S2. The molecule has 0 unspecified atom stereocenters. The second-order valence-electron chi connectivity index (χ2n) is 25.8. The highest BCUT2D eigenvalue weighted by atomic mass is 32.1. The third-order valence-electron chi connectivity index (χ3n) is 20.1. The average molecular weight is 1310 g/mol. The molecule has 100 heavy (non-hydrogen) atoms. The first-order chi connectivity index (χ1) is 49.6. The van der Waals surface area contributed by atoms with Crippen LogP contribution in [-0.4, -0.2) is 0 Å². The summed E-state index contributed by atoms with van der Waals surface area (Å²) in [6, 6.07) is 127. The average Bonchev–Trinajstić information content (AvgIpc) is 1.59. The largest absolute Gasteiger partial charge is 0.455 e. The van der Waals surface area contributed by atoms with E-state index in [-0.39, 0.29) is 0 Å². The Hall–Kier alpha value is -12.6. The minimum Gasteiger partial charge on any atom is -0.455 e. The number of benzene rings is 17. The summed E-state index contributed by atoms with van der Waals surface area (Å²) in [5, 5.41) is 19.3. The van der Waals surface area contributed by atoms with Crippen LogP contribution in [0.15, 0.2) is 361 Å². The van der Waals surface area contributed by atoms with Gasteiger partial charge in [-0.25, -0.2) is 0 Å². The lowest BCUT2D eigenvalue weighted by molar-refractivity contribution is 0.673. The Balaban J connectivity index is 0.000000136. The van der Waals surface area contributed by atoms with Crippen LogP contribution in [-0.2, 0) is 0 Å². The molecule has 0 atom stereocenters. The first kappa shape index (κ1) is 57.6. The first-order valence-electron chi connectivity index (χ1n) is 33.9. The predicted octanol–water partition coefficient (Wildman–Crippen LogP) is 28.5. The van der Waals surface area contributed by atoms with Crippen molar-refractivity contribution >= 4 is 184 Å². The number of hydrogen-bond acceptors (Lipinski definition) is 6. The zero-order valence-corrected chi connectivity index (χ0v) is 55.6. The van der Waals surface area contributed by atoms with Gasteiger partial charge in [0.15, 0.2) is 0 Å². The van der Waals surface area contributed by atoms with Crippen LogP contribution < -0.4 is 9.80 Å². The summed E-state index contributed by atoms with van der Waals surface area (Å²) in [5.74, 6) is 0. The van der Waals surface area contributed by atoms with Gasteiger partial charge in [0.1, 0.15) is 22.3 Å². The van der Waals surface area contributed by atoms with Gasteiger partial charge < -0.3 is 18.6 Å². The molecule has 0 amide bonds. The Morgan fingerprint density at radius 3 is 0.990 bits per heavy atom. The van der Waals surface area contributed by atoms with Gasteiger partial charge in [-0.05, 0) is 164 Å². The molecule has 21 aromatic rings. The van der Waals surface area contributed by atoms with Gasteiger partial charge in [0.05, 0.1) is 0 Å². The Kier molecular flexibility index (Phi) is 13.6. The van der Waals surface area contributed by atoms with Crippen LogP contribution in [0.4, 0.5) is 34.1 Å². The highest BCUT2D eigenvalue weighted by molar-refractivity contribution is 7.26. The predicted molar refractivity (Wildman–Crippen MR) is 429 cm³/mol. The molecule has 4 aromatic heterocycles. The zero-order chi connectivity index (χ0) is 65.8. The molecule has 21 rings (SSSR count). The lowest BCUT2D eigenvalue weighted by atomic mass is 9.98. The first-order valence-corrected chi connectivity index (χ1v) is 35.6. The van der Waals surface area contributed by atoms with Crippen molar-refractivity contribution in [2.45, 2.75) is 0 Å². The minimum absolute atomic E-state index is 0.916. The lowest BCUT2D eigenvalue weighted by Crippen LogP contribution is -2.09. The summed E-state index contributed by atoms with van der Waals surface area (Å²) in [7, 11) is 0. The highest BCUT2D eigenvalue weighted by Crippen LogP contribution is 2.47. The van der Waals surface area contributed by atoms with E-state index in [1.165, 1.54) is 94.6 Å². The number of anilines is 6. The maximum absolute atomic E-state index is 6.88. The van der Waals surface area contributed by atoms with Gasteiger partial charge >= 0.3 is 0 Å². The SMILES string of the molecule is c1ccc(-c2ccc(N(c3ccc(-c4cccc5c4oc4c5ccc5ccc6ccccc6c54)cc3)c3ccc4sc5ccccc5c4c3)cc2)cc1.c1ccc(N(c2ccc(-c3cccc4c3oc3c4ccc4ccc5ccccc5c43)cc2)c2ccc3sc4ccccc4c3c2)cc1. The van der Waals surface area contributed by atoms with E-state index in [2.05, 4.69) is 362 Å². The van der Waals surface area contributed by atoms with Crippen molar-refractivity contribution in [3.63, 3.8) is 0 Å². The monoisotopic (exact) mass is 1310 g/mol. The number of fused-ring (bicyclic) bond motifs is 20. The molecule has 6 heteroatoms. The van der Waals surface area contributed by atoms with E-state index >= 15 is 0 Å². The molecule has 0 saturated carbocycles. The summed E-state index contributed by atoms with van der Waals surface area (Å²) >= 11 is 3.70. The molecule has 0 aliphatic rings. The van der Waals surface area contributed by atoms with Gasteiger partial charge in [-0.1, -0.05) is 243 Å². The van der Waals surface area contributed by atoms with E-state index in [0.717, 1.165) is 100 Å². The number of nitrogens with zero attached hydrogens (tertiary/aromatic N) is 2. The second-order valence-corrected chi connectivity index (χ2v) is 28.0. The molecule has 4 nitrogen and oxygen atoms in total. The van der Waals surface area contributed by atoms with E-state index in [1.807, 2.05) is 22.7 Å². The van der Waals surface area contributed by atoms with Crippen LogP contribution in [0, 0.1) is 0 Å². The zero-order valence-electron chi connectivity index (χ0n) is 54.0. The maximum atomic E-state index is 6.88. The normalized spacial score (nSPS) is 11.8. The van der Waals surface area contributed by atoms with Gasteiger partial charge in [-0.3, -0.25) is 0 Å². The van der Waals surface area contributed by atoms with Crippen molar-refractivity contribution in [3.05, 3.63) is 352 Å². The molecule has 4 heterocycles.